The van der Waals surface area contributed by atoms with Crippen LogP contribution in [0.5, 0.6) is 0 Å². The van der Waals surface area contributed by atoms with E-state index in [1.165, 1.54) is 0 Å². The normalized spacial score (nSPS) is 23.9. The highest BCUT2D eigenvalue weighted by Gasteiger charge is 2.74. The molecule has 1 aliphatic heterocycles. The number of esters is 1. The number of rotatable bonds is 6. The Balaban J connectivity index is 1.48. The zero-order chi connectivity index (χ0) is 21.3. The van der Waals surface area contributed by atoms with Crippen LogP contribution < -0.4 is 0 Å². The number of hydrogen-bond acceptors (Lipinski definition) is 3. The van der Waals surface area contributed by atoms with Crippen molar-refractivity contribution >= 4 is 11.9 Å². The van der Waals surface area contributed by atoms with Crippen LogP contribution in [0.4, 0.5) is 0 Å². The lowest BCUT2D eigenvalue weighted by Gasteiger charge is -2.26. The molecule has 154 valence electrons. The molecule has 4 nitrogen and oxygen atoms in total. The molecule has 0 spiro atoms. The van der Waals surface area contributed by atoms with Gasteiger partial charge in [-0.25, -0.2) is 0 Å². The quantitative estimate of drug-likeness (QED) is 0.572. The summed E-state index contributed by atoms with van der Waals surface area (Å²) in [4.78, 5) is 28.2. The fourth-order valence-electron chi connectivity index (χ4n) is 4.76. The molecule has 5 rings (SSSR count). The molecule has 1 heterocycles. The molecular formula is C27H23NO3. The number of carbonyl (C=O) groups excluding carboxylic acids is 2. The van der Waals surface area contributed by atoms with Crippen molar-refractivity contribution in [1.29, 1.82) is 0 Å². The summed E-state index contributed by atoms with van der Waals surface area (Å²) in [5, 5.41) is 0. The first-order chi connectivity index (χ1) is 15.2. The van der Waals surface area contributed by atoms with E-state index in [4.69, 9.17) is 4.74 Å². The van der Waals surface area contributed by atoms with E-state index in [9.17, 15) is 9.59 Å². The van der Waals surface area contributed by atoms with Gasteiger partial charge in [-0.3, -0.25) is 9.59 Å². The van der Waals surface area contributed by atoms with E-state index in [0.717, 1.165) is 16.7 Å². The Hall–Kier alpha value is -3.66. The molecule has 0 bridgehead atoms. The molecule has 3 aromatic rings. The fourth-order valence-corrected chi connectivity index (χ4v) is 4.76. The molecule has 0 radical (unpaired) electrons. The van der Waals surface area contributed by atoms with Crippen LogP contribution in [0.25, 0.3) is 0 Å². The second-order valence-corrected chi connectivity index (χ2v) is 8.08. The first-order valence-corrected chi connectivity index (χ1v) is 10.5. The van der Waals surface area contributed by atoms with Crippen molar-refractivity contribution in [1.82, 2.24) is 4.90 Å². The maximum Gasteiger partial charge on any atom is 0.319 e. The summed E-state index contributed by atoms with van der Waals surface area (Å²) >= 11 is 0. The Labute approximate surface area is 181 Å². The maximum absolute atomic E-state index is 13.6. The second kappa shape index (κ2) is 7.88. The minimum atomic E-state index is -0.881. The number of amides is 1. The van der Waals surface area contributed by atoms with Crippen molar-refractivity contribution in [2.75, 3.05) is 0 Å². The summed E-state index contributed by atoms with van der Waals surface area (Å²) in [6, 6.07) is 29.0. The molecule has 3 aromatic carbocycles. The van der Waals surface area contributed by atoms with Gasteiger partial charge < -0.3 is 9.64 Å². The number of benzene rings is 3. The minimum absolute atomic E-state index is 0.0706. The van der Waals surface area contributed by atoms with Crippen LogP contribution in [0.3, 0.4) is 0 Å². The van der Waals surface area contributed by atoms with E-state index in [2.05, 4.69) is 0 Å². The smallest absolute Gasteiger partial charge is 0.319 e. The average Bonchev–Trinajstić information content (AvgIpc) is 3.51. The Morgan fingerprint density at radius 1 is 0.839 bits per heavy atom. The second-order valence-electron chi connectivity index (χ2n) is 8.08. The molecular weight excluding hydrogens is 386 g/mol. The van der Waals surface area contributed by atoms with Crippen molar-refractivity contribution in [2.24, 2.45) is 5.92 Å². The van der Waals surface area contributed by atoms with Gasteiger partial charge in [0.05, 0.1) is 6.04 Å². The number of ether oxygens (including phenoxy) is 1. The van der Waals surface area contributed by atoms with Crippen LogP contribution in [0.1, 0.15) is 16.7 Å². The number of hydrogen-bond donors (Lipinski definition) is 0. The van der Waals surface area contributed by atoms with Crippen molar-refractivity contribution in [2.45, 2.75) is 24.6 Å². The Bertz CT molecular complexity index is 1110. The molecule has 0 saturated heterocycles. The highest BCUT2D eigenvalue weighted by atomic mass is 16.5. The Morgan fingerprint density at radius 2 is 1.42 bits per heavy atom. The van der Waals surface area contributed by atoms with Gasteiger partial charge in [-0.2, -0.15) is 0 Å². The van der Waals surface area contributed by atoms with Gasteiger partial charge in [0, 0.05) is 12.5 Å². The number of nitrogens with zero attached hydrogens (tertiary/aromatic N) is 1. The van der Waals surface area contributed by atoms with Crippen molar-refractivity contribution < 1.29 is 14.3 Å². The molecule has 31 heavy (non-hydrogen) atoms. The van der Waals surface area contributed by atoms with Gasteiger partial charge in [-0.1, -0.05) is 97.1 Å². The average molecular weight is 409 g/mol. The number of fused-ring (bicyclic) bond motifs is 1. The van der Waals surface area contributed by atoms with Crippen molar-refractivity contribution in [3.63, 3.8) is 0 Å². The van der Waals surface area contributed by atoms with Gasteiger partial charge in [0.1, 0.15) is 12.0 Å². The van der Waals surface area contributed by atoms with Gasteiger partial charge in [0.15, 0.2) is 0 Å². The van der Waals surface area contributed by atoms with Gasteiger partial charge in [0.25, 0.3) is 0 Å². The van der Waals surface area contributed by atoms with Crippen LogP contribution in [0.2, 0.25) is 0 Å². The predicted octanol–water partition coefficient (Wildman–Crippen LogP) is 4.26. The van der Waals surface area contributed by atoms with Crippen LogP contribution in [-0.4, -0.2) is 22.8 Å². The zero-order valence-electron chi connectivity index (χ0n) is 17.1. The molecule has 4 heteroatoms. The van der Waals surface area contributed by atoms with Gasteiger partial charge in [-0.05, 0) is 22.8 Å². The van der Waals surface area contributed by atoms with E-state index >= 15 is 0 Å². The van der Waals surface area contributed by atoms with E-state index < -0.39 is 5.41 Å². The third-order valence-electron chi connectivity index (χ3n) is 6.29. The zero-order valence-corrected chi connectivity index (χ0v) is 17.1. The highest BCUT2D eigenvalue weighted by molar-refractivity contribution is 5.97. The molecule has 1 amide bonds. The summed E-state index contributed by atoms with van der Waals surface area (Å²) in [7, 11) is 0. The van der Waals surface area contributed by atoms with E-state index in [1.807, 2.05) is 102 Å². The van der Waals surface area contributed by atoms with Crippen molar-refractivity contribution in [3.05, 3.63) is 120 Å². The van der Waals surface area contributed by atoms with Gasteiger partial charge in [-0.15, -0.1) is 0 Å². The summed E-state index contributed by atoms with van der Waals surface area (Å²) < 4.78 is 5.82. The molecule has 3 atom stereocenters. The van der Waals surface area contributed by atoms with Crippen LogP contribution in [-0.2, 0) is 32.9 Å². The first-order valence-electron chi connectivity index (χ1n) is 10.5. The standard InChI is InChI=1S/C27H23NO3/c29-24-17-16-23-25(28(24)18-20-10-4-1-5-11-20)27(23,22-14-8-3-9-15-22)26(30)31-19-21-12-6-2-7-13-21/h1-17,23,25H,18-19H2. The molecule has 1 aliphatic carbocycles. The molecule has 3 unspecified atom stereocenters. The third kappa shape index (κ3) is 3.34. The lowest BCUT2D eigenvalue weighted by Crippen LogP contribution is -2.39. The summed E-state index contributed by atoms with van der Waals surface area (Å²) in [5.41, 5.74) is 1.99. The topological polar surface area (TPSA) is 46.6 Å². The molecule has 0 N–H and O–H groups in total. The molecule has 1 fully saturated rings. The predicted molar refractivity (Wildman–Crippen MR) is 118 cm³/mol. The summed E-state index contributed by atoms with van der Waals surface area (Å²) in [6.45, 7) is 0.676. The van der Waals surface area contributed by atoms with Crippen LogP contribution >= 0.6 is 0 Å². The molecule has 2 aliphatic rings. The van der Waals surface area contributed by atoms with Gasteiger partial charge in [0.2, 0.25) is 5.91 Å². The molecule has 1 saturated carbocycles. The largest absolute Gasteiger partial charge is 0.460 e. The Morgan fingerprint density at radius 3 is 2.06 bits per heavy atom. The van der Waals surface area contributed by atoms with Crippen LogP contribution in [0.15, 0.2) is 103 Å². The van der Waals surface area contributed by atoms with Gasteiger partial charge >= 0.3 is 5.97 Å². The maximum atomic E-state index is 13.6. The SMILES string of the molecule is O=C1C=CC2C(N1Cc1ccccc1)C2(C(=O)OCc1ccccc1)c1ccccc1. The van der Waals surface area contributed by atoms with Crippen LogP contribution in [0, 0.1) is 5.92 Å². The third-order valence-corrected chi connectivity index (χ3v) is 6.29. The Kier molecular flexibility index (Phi) is 4.91. The fraction of sp³-hybridized carbons (Fsp3) is 0.185. The lowest BCUT2D eigenvalue weighted by molar-refractivity contribution is -0.149. The lowest BCUT2D eigenvalue weighted by atomic mass is 9.92. The number of carbonyl (C=O) groups is 2. The monoisotopic (exact) mass is 409 g/mol. The first kappa shape index (κ1) is 19.3. The minimum Gasteiger partial charge on any atom is -0.460 e. The summed E-state index contributed by atoms with van der Waals surface area (Å²) in [5.74, 6) is -0.451. The van der Waals surface area contributed by atoms with Crippen molar-refractivity contribution in [3.8, 4) is 0 Å². The van der Waals surface area contributed by atoms with E-state index in [-0.39, 0.29) is 30.4 Å². The summed E-state index contributed by atoms with van der Waals surface area (Å²) in [6.07, 6.45) is 3.48. The molecule has 0 aromatic heterocycles. The highest BCUT2D eigenvalue weighted by Crippen LogP contribution is 2.60. The van der Waals surface area contributed by atoms with E-state index in [0.29, 0.717) is 6.54 Å². The van der Waals surface area contributed by atoms with E-state index in [1.54, 1.807) is 6.08 Å².